The zero-order valence-corrected chi connectivity index (χ0v) is 58.1. The molecule has 0 saturated carbocycles. The van der Waals surface area contributed by atoms with Crippen molar-refractivity contribution in [2.45, 2.75) is 72.0 Å². The molecular formula is C67H71Cl3N18O6S3. The molecule has 2 atom stereocenters. The lowest BCUT2D eigenvalue weighted by molar-refractivity contribution is -0.128. The van der Waals surface area contributed by atoms with E-state index in [4.69, 9.17) is 34.8 Å². The first kappa shape index (κ1) is 70.3. The van der Waals surface area contributed by atoms with Crippen LogP contribution in [-0.4, -0.2) is 134 Å². The first-order valence-corrected chi connectivity index (χ1v) is 34.6. The molecule has 0 spiro atoms. The lowest BCUT2D eigenvalue weighted by atomic mass is 9.98. The number of hydrogen-bond acceptors (Lipinski definition) is 18. The van der Waals surface area contributed by atoms with Gasteiger partial charge in [-0.3, -0.25) is 42.8 Å². The Morgan fingerprint density at radius 2 is 0.856 bits per heavy atom. The third kappa shape index (κ3) is 18.7. The number of anilines is 9. The van der Waals surface area contributed by atoms with Crippen LogP contribution in [0.3, 0.4) is 0 Å². The summed E-state index contributed by atoms with van der Waals surface area (Å²) in [5.41, 5.74) is 4.46. The van der Waals surface area contributed by atoms with E-state index in [9.17, 15) is 28.8 Å². The Hall–Kier alpha value is -9.51. The zero-order chi connectivity index (χ0) is 68.7. The molecule has 97 heavy (non-hydrogen) atoms. The van der Waals surface area contributed by atoms with Gasteiger partial charge in [-0.1, -0.05) is 125 Å². The molecule has 12 rings (SSSR count). The molecule has 6 amide bonds. The summed E-state index contributed by atoms with van der Waals surface area (Å²) in [5.74, 6) is 1.78. The van der Waals surface area contributed by atoms with Gasteiger partial charge in [0.05, 0.1) is 56.8 Å². The SMILES string of the molecule is C=CC(=O)N1CCC(Cn2ccc(Nc3ncc(C(=O)Nc4c(C)cccc4Cl)s3)n2)C1.C=CC(=O)N1CCC(n2ccc(Nc3ncc(C(=O)Nc4c(C)cccc4Cl)s3)n2)CC1.C=CC(=O)N1CCCC(Cn2ccc(Nc3ncc(C(=O)Nc4c(C)cccc4Cl)s3)n2)C1. The highest BCUT2D eigenvalue weighted by Gasteiger charge is 2.28. The average molecular weight is 1430 g/mol. The predicted molar refractivity (Wildman–Crippen MR) is 385 cm³/mol. The second-order valence-corrected chi connectivity index (χ2v) is 27.4. The molecule has 0 bridgehead atoms. The van der Waals surface area contributed by atoms with Gasteiger partial charge >= 0.3 is 0 Å². The summed E-state index contributed by atoms with van der Waals surface area (Å²) in [7, 11) is 0. The minimum atomic E-state index is -0.267. The maximum atomic E-state index is 12.6. The fourth-order valence-electron chi connectivity index (χ4n) is 11.1. The number of piperidine rings is 2. The Balaban J connectivity index is 0.000000158. The number of nitrogens with one attached hydrogen (secondary N) is 6. The maximum absolute atomic E-state index is 12.6. The summed E-state index contributed by atoms with van der Waals surface area (Å²) in [5, 5.41) is 34.9. The van der Waals surface area contributed by atoms with Gasteiger partial charge in [0.15, 0.2) is 32.8 Å². The number of amides is 6. The highest BCUT2D eigenvalue weighted by molar-refractivity contribution is 7.18. The van der Waals surface area contributed by atoms with Gasteiger partial charge in [-0.25, -0.2) is 15.0 Å². The number of para-hydroxylation sites is 3. The van der Waals surface area contributed by atoms with Crippen molar-refractivity contribution in [3.8, 4) is 0 Å². The van der Waals surface area contributed by atoms with Gasteiger partial charge in [-0.2, -0.15) is 15.3 Å². The van der Waals surface area contributed by atoms with Crippen LogP contribution >= 0.6 is 68.8 Å². The van der Waals surface area contributed by atoms with Crippen LogP contribution in [0.2, 0.25) is 15.1 Å². The Bertz CT molecular complexity index is 4260. The summed E-state index contributed by atoms with van der Waals surface area (Å²) in [4.78, 5) is 92.9. The molecule has 3 fully saturated rings. The number of aromatic nitrogens is 9. The van der Waals surface area contributed by atoms with Crippen molar-refractivity contribution in [1.82, 2.24) is 59.0 Å². The van der Waals surface area contributed by atoms with Gasteiger partial charge in [-0.05, 0) is 118 Å². The normalized spacial score (nSPS) is 15.2. The minimum absolute atomic E-state index is 0.0178. The van der Waals surface area contributed by atoms with Crippen molar-refractivity contribution in [2.75, 3.05) is 71.2 Å². The zero-order valence-electron chi connectivity index (χ0n) is 53.3. The van der Waals surface area contributed by atoms with Crippen LogP contribution in [0.4, 0.5) is 49.9 Å². The lowest BCUT2D eigenvalue weighted by Gasteiger charge is -2.32. The molecule has 24 nitrogen and oxygen atoms in total. The molecule has 6 aromatic heterocycles. The summed E-state index contributed by atoms with van der Waals surface area (Å²) >= 11 is 22.3. The molecule has 9 heterocycles. The van der Waals surface area contributed by atoms with Gasteiger partial charge in [0.25, 0.3) is 17.7 Å². The molecule has 6 N–H and O–H groups in total. The van der Waals surface area contributed by atoms with Crippen LogP contribution in [-0.2, 0) is 27.5 Å². The Kier molecular flexibility index (Phi) is 23.9. The first-order valence-electron chi connectivity index (χ1n) is 31.0. The number of carbonyl (C=O) groups excluding carboxylic acids is 6. The largest absolute Gasteiger partial charge is 0.339 e. The van der Waals surface area contributed by atoms with E-state index in [0.29, 0.717) is 118 Å². The van der Waals surface area contributed by atoms with Gasteiger partial charge in [0.2, 0.25) is 17.7 Å². The first-order chi connectivity index (χ1) is 46.8. The summed E-state index contributed by atoms with van der Waals surface area (Å²) in [6.07, 6.45) is 19.0. The smallest absolute Gasteiger partial charge is 0.267 e. The van der Waals surface area contributed by atoms with E-state index in [-0.39, 0.29) is 41.5 Å². The van der Waals surface area contributed by atoms with Crippen molar-refractivity contribution >= 4 is 154 Å². The number of halogens is 3. The number of likely N-dealkylation sites (tertiary alicyclic amines) is 3. The van der Waals surface area contributed by atoms with Crippen molar-refractivity contribution < 1.29 is 28.8 Å². The number of rotatable bonds is 20. The number of carbonyl (C=O) groups is 6. The number of benzene rings is 3. The van der Waals surface area contributed by atoms with Gasteiger partial charge in [-0.15, -0.1) is 0 Å². The van der Waals surface area contributed by atoms with Crippen molar-refractivity contribution in [2.24, 2.45) is 11.8 Å². The van der Waals surface area contributed by atoms with Crippen molar-refractivity contribution in [3.05, 3.63) is 194 Å². The molecule has 3 aromatic carbocycles. The van der Waals surface area contributed by atoms with E-state index in [1.54, 1.807) is 23.1 Å². The summed E-state index contributed by atoms with van der Waals surface area (Å²) in [6, 6.07) is 22.2. The number of nitrogens with zero attached hydrogens (tertiary/aromatic N) is 12. The average Bonchev–Trinajstić information content (AvgIpc) is 1.55. The molecule has 3 saturated heterocycles. The third-order valence-corrected chi connectivity index (χ3v) is 19.8. The van der Waals surface area contributed by atoms with Crippen LogP contribution in [0.15, 0.2) is 148 Å². The van der Waals surface area contributed by atoms with Crippen LogP contribution in [0, 0.1) is 32.6 Å². The van der Waals surface area contributed by atoms with Crippen molar-refractivity contribution in [1.29, 1.82) is 0 Å². The van der Waals surface area contributed by atoms with Gasteiger partial charge < -0.3 is 46.6 Å². The fourth-order valence-corrected chi connectivity index (χ4v) is 14.0. The van der Waals surface area contributed by atoms with Gasteiger partial charge in [0, 0.05) is 89.1 Å². The highest BCUT2D eigenvalue weighted by atomic mass is 35.5. The standard InChI is InChI=1S/C23H25ClN6O2S.2C22H23ClN6O2S/c1-3-20(31)29-10-5-7-16(13-29)14-30-11-9-19(28-30)26-23-25-12-18(33-23)22(32)27-21-15(2)6-4-8-17(21)24;1-3-19(30)28-10-7-15(8-11-28)29-12-9-18(27-29)25-22-24-13-17(32-22)21(31)26-20-14(2)5-4-6-16(20)23;1-3-19(30)28-9-7-15(12-28)13-29-10-8-18(27-29)25-22-24-11-17(32-22)21(31)26-20-14(2)5-4-6-16(20)23/h3-4,6,8-9,11-12,16H,1,5,7,10,13-14H2,2H3,(H,27,32)(H,25,26,28);3-6,9,12-13,15H,1,7-8,10-11H2,2H3,(H,26,31)(H,24,25,27);3-6,8,10-11,15H,1,7,9,12-13H2,2H3,(H,26,31)(H,24,25,27). The Labute approximate surface area is 587 Å². The van der Waals surface area contributed by atoms with E-state index in [2.05, 4.69) is 81.9 Å². The van der Waals surface area contributed by atoms with Gasteiger partial charge in [0.1, 0.15) is 14.6 Å². The topological polar surface area (TPSA) is 276 Å². The van der Waals surface area contributed by atoms with Crippen molar-refractivity contribution in [3.63, 3.8) is 0 Å². The maximum Gasteiger partial charge on any atom is 0.267 e. The second kappa shape index (κ2) is 33.0. The predicted octanol–water partition coefficient (Wildman–Crippen LogP) is 13.7. The summed E-state index contributed by atoms with van der Waals surface area (Å²) in [6.45, 7) is 22.1. The minimum Gasteiger partial charge on any atom is -0.339 e. The quantitative estimate of drug-likeness (QED) is 0.0387. The molecule has 3 aliphatic rings. The van der Waals surface area contributed by atoms with E-state index in [1.165, 1.54) is 70.8 Å². The fraction of sp³-hybridized carbons (Fsp3) is 0.284. The number of hydrogen-bond donors (Lipinski definition) is 6. The molecule has 2 unspecified atom stereocenters. The summed E-state index contributed by atoms with van der Waals surface area (Å²) < 4.78 is 5.64. The molecular weight excluding hydrogens is 1360 g/mol. The van der Waals surface area contributed by atoms with Crippen LogP contribution in [0.1, 0.15) is 83.9 Å². The molecule has 9 aromatic rings. The molecule has 504 valence electrons. The monoisotopic (exact) mass is 1420 g/mol. The third-order valence-electron chi connectivity index (χ3n) is 16.2. The van der Waals surface area contributed by atoms with E-state index in [0.717, 1.165) is 75.0 Å². The Morgan fingerprint density at radius 1 is 0.485 bits per heavy atom. The Morgan fingerprint density at radius 3 is 1.27 bits per heavy atom. The highest BCUT2D eigenvalue weighted by Crippen LogP contribution is 2.33. The number of thiazole rings is 3. The molecule has 3 aliphatic heterocycles. The second-order valence-electron chi connectivity index (χ2n) is 23.0. The molecule has 30 heteroatoms. The number of aryl methyl sites for hydroxylation is 3. The lowest BCUT2D eigenvalue weighted by Crippen LogP contribution is -2.40. The molecule has 0 radical (unpaired) electrons. The van der Waals surface area contributed by atoms with Crippen LogP contribution in [0.5, 0.6) is 0 Å². The van der Waals surface area contributed by atoms with Crippen LogP contribution in [0.25, 0.3) is 0 Å². The van der Waals surface area contributed by atoms with Crippen LogP contribution < -0.4 is 31.9 Å². The van der Waals surface area contributed by atoms with E-state index in [1.807, 2.05) is 118 Å². The van der Waals surface area contributed by atoms with E-state index >= 15 is 0 Å². The van der Waals surface area contributed by atoms with E-state index < -0.39 is 0 Å². The molecule has 0 aliphatic carbocycles.